The normalized spacial score (nSPS) is 14.9. The zero-order valence-electron chi connectivity index (χ0n) is 8.04. The molecule has 2 N–H and O–H groups in total. The number of hydrogen-bond acceptors (Lipinski definition) is 4. The first-order valence-corrected chi connectivity index (χ1v) is 4.54. The Balaban J connectivity index is 2.72. The van der Waals surface area contributed by atoms with Crippen LogP contribution in [0.25, 0.3) is 0 Å². The minimum atomic E-state index is -0.237. The number of hydrogen-bond donors (Lipinski definition) is 2. The molecule has 0 aromatic rings. The fourth-order valence-electron chi connectivity index (χ4n) is 1.11. The van der Waals surface area contributed by atoms with Gasteiger partial charge >= 0.3 is 0 Å². The lowest BCUT2D eigenvalue weighted by atomic mass is 10.1. The summed E-state index contributed by atoms with van der Waals surface area (Å²) >= 11 is 0. The van der Waals surface area contributed by atoms with Crippen LogP contribution in [0.4, 0.5) is 0 Å². The van der Waals surface area contributed by atoms with Crippen LogP contribution in [0.5, 0.6) is 0 Å². The van der Waals surface area contributed by atoms with Gasteiger partial charge < -0.3 is 10.6 Å². The predicted octanol–water partition coefficient (Wildman–Crippen LogP) is 0.650. The van der Waals surface area contributed by atoms with Crippen LogP contribution in [-0.4, -0.2) is 19.0 Å². The monoisotopic (exact) mass is 195 g/mol. The third kappa shape index (κ3) is 2.42. The zero-order chi connectivity index (χ0) is 10.4. The number of rotatable bonds is 4. The average Bonchev–Trinajstić information content (AvgIpc) is 2.25. The van der Waals surface area contributed by atoms with E-state index >= 15 is 0 Å². The van der Waals surface area contributed by atoms with Crippen LogP contribution in [0.15, 0.2) is 28.7 Å². The topological polar surface area (TPSA) is 70.6 Å². The van der Waals surface area contributed by atoms with Gasteiger partial charge in [0.15, 0.2) is 0 Å². The molecular formula is C9H13N3O2. The van der Waals surface area contributed by atoms with Crippen LogP contribution >= 0.6 is 0 Å². The van der Waals surface area contributed by atoms with Crippen LogP contribution in [0.1, 0.15) is 13.3 Å². The molecule has 1 heterocycles. The van der Waals surface area contributed by atoms with Gasteiger partial charge in [0, 0.05) is 6.54 Å². The van der Waals surface area contributed by atoms with E-state index in [2.05, 4.69) is 15.8 Å². The maximum absolute atomic E-state index is 11.5. The van der Waals surface area contributed by atoms with E-state index in [1.165, 1.54) is 0 Å². The van der Waals surface area contributed by atoms with Crippen molar-refractivity contribution in [2.24, 2.45) is 5.18 Å². The van der Waals surface area contributed by atoms with Gasteiger partial charge in [-0.25, -0.2) is 0 Å². The van der Waals surface area contributed by atoms with Crippen LogP contribution in [0, 0.1) is 4.91 Å². The maximum atomic E-state index is 11.5. The van der Waals surface area contributed by atoms with E-state index in [1.54, 1.807) is 12.3 Å². The van der Waals surface area contributed by atoms with Crippen molar-refractivity contribution in [2.75, 3.05) is 13.1 Å². The van der Waals surface area contributed by atoms with Crippen molar-refractivity contribution in [2.45, 2.75) is 13.3 Å². The minimum Gasteiger partial charge on any atom is -0.385 e. The van der Waals surface area contributed by atoms with Gasteiger partial charge in [-0.1, -0.05) is 6.92 Å². The van der Waals surface area contributed by atoms with E-state index < -0.39 is 0 Å². The molecule has 5 nitrogen and oxygen atoms in total. The molecule has 1 aliphatic rings. The molecule has 0 saturated carbocycles. The highest BCUT2D eigenvalue weighted by atomic mass is 16.3. The van der Waals surface area contributed by atoms with Gasteiger partial charge in [-0.05, 0) is 23.9 Å². The van der Waals surface area contributed by atoms with Crippen molar-refractivity contribution in [3.8, 4) is 0 Å². The van der Waals surface area contributed by atoms with Crippen molar-refractivity contribution in [3.63, 3.8) is 0 Å². The highest BCUT2D eigenvalue weighted by Crippen LogP contribution is 2.10. The molecule has 0 spiro atoms. The summed E-state index contributed by atoms with van der Waals surface area (Å²) in [6, 6.07) is 0. The van der Waals surface area contributed by atoms with Gasteiger partial charge in [-0.15, -0.1) is 4.91 Å². The van der Waals surface area contributed by atoms with Crippen molar-refractivity contribution < 1.29 is 4.79 Å². The van der Waals surface area contributed by atoms with Gasteiger partial charge in [0.1, 0.15) is 5.70 Å². The second-order valence-corrected chi connectivity index (χ2v) is 2.92. The number of nitrogens with one attached hydrogen (secondary N) is 2. The second-order valence-electron chi connectivity index (χ2n) is 2.92. The minimum absolute atomic E-state index is 0.237. The summed E-state index contributed by atoms with van der Waals surface area (Å²) in [7, 11) is 0. The summed E-state index contributed by atoms with van der Waals surface area (Å²) in [6.45, 7) is 2.89. The third-order valence-electron chi connectivity index (χ3n) is 1.84. The number of amides is 1. The van der Waals surface area contributed by atoms with E-state index in [-0.39, 0.29) is 11.6 Å². The number of nitrogens with zero attached hydrogens (tertiary/aromatic N) is 1. The molecule has 76 valence electrons. The summed E-state index contributed by atoms with van der Waals surface area (Å²) in [4.78, 5) is 21.9. The summed E-state index contributed by atoms with van der Waals surface area (Å²) < 4.78 is 0. The standard InChI is InChI=1S/C9H13N3O2/c1-2-4-11-9(13)7-3-5-10-6-8(7)12-14/h3,5,10H,2,4,6H2,1H3,(H,11,13). The Morgan fingerprint density at radius 3 is 3.14 bits per heavy atom. The fourth-order valence-corrected chi connectivity index (χ4v) is 1.11. The molecular weight excluding hydrogens is 182 g/mol. The molecule has 5 heteroatoms. The average molecular weight is 195 g/mol. The molecule has 0 aromatic carbocycles. The van der Waals surface area contributed by atoms with Gasteiger partial charge in [0.25, 0.3) is 5.91 Å². The van der Waals surface area contributed by atoms with E-state index in [0.29, 0.717) is 18.7 Å². The van der Waals surface area contributed by atoms with Crippen LogP contribution in [-0.2, 0) is 4.79 Å². The Bertz CT molecular complexity index is 294. The third-order valence-corrected chi connectivity index (χ3v) is 1.84. The molecule has 1 aliphatic heterocycles. The maximum Gasteiger partial charge on any atom is 0.253 e. The molecule has 1 rings (SSSR count). The molecule has 0 unspecified atom stereocenters. The first kappa shape index (κ1) is 10.4. The Hall–Kier alpha value is -1.65. The van der Waals surface area contributed by atoms with Gasteiger partial charge in [0.05, 0.1) is 12.1 Å². The number of carbonyl (C=O) groups is 1. The van der Waals surface area contributed by atoms with Crippen molar-refractivity contribution in [1.82, 2.24) is 10.6 Å². The molecule has 0 atom stereocenters. The molecule has 0 aliphatic carbocycles. The molecule has 0 bridgehead atoms. The highest BCUT2D eigenvalue weighted by molar-refractivity contribution is 5.97. The molecule has 0 radical (unpaired) electrons. The fraction of sp³-hybridized carbons (Fsp3) is 0.444. The first-order valence-electron chi connectivity index (χ1n) is 4.54. The van der Waals surface area contributed by atoms with Crippen LogP contribution in [0.3, 0.4) is 0 Å². The second kappa shape index (κ2) is 5.16. The van der Waals surface area contributed by atoms with Gasteiger partial charge in [0.2, 0.25) is 0 Å². The molecule has 14 heavy (non-hydrogen) atoms. The zero-order valence-corrected chi connectivity index (χ0v) is 8.04. The van der Waals surface area contributed by atoms with Crippen LogP contribution < -0.4 is 10.6 Å². The molecule has 0 aromatic heterocycles. The highest BCUT2D eigenvalue weighted by Gasteiger charge is 2.15. The molecule has 0 fully saturated rings. The largest absolute Gasteiger partial charge is 0.385 e. The number of dihydropyridines is 1. The van der Waals surface area contributed by atoms with Crippen molar-refractivity contribution >= 4 is 5.91 Å². The summed E-state index contributed by atoms with van der Waals surface area (Å²) in [5.41, 5.74) is 0.605. The Labute approximate surface area is 82.2 Å². The van der Waals surface area contributed by atoms with E-state index in [1.807, 2.05) is 6.92 Å². The SMILES string of the molecule is CCCNC(=O)C1=C(N=O)CNC=C1. The Morgan fingerprint density at radius 1 is 1.71 bits per heavy atom. The smallest absolute Gasteiger partial charge is 0.253 e. The number of carbonyl (C=O) groups excluding carboxylic acids is 1. The van der Waals surface area contributed by atoms with Gasteiger partial charge in [-0.3, -0.25) is 4.79 Å². The number of nitroso groups, excluding NO2 is 1. The Kier molecular flexibility index (Phi) is 3.84. The summed E-state index contributed by atoms with van der Waals surface area (Å²) in [5, 5.41) is 8.32. The molecule has 0 saturated heterocycles. The van der Waals surface area contributed by atoms with E-state index in [4.69, 9.17) is 0 Å². The lowest BCUT2D eigenvalue weighted by molar-refractivity contribution is -0.117. The van der Waals surface area contributed by atoms with E-state index in [9.17, 15) is 9.70 Å². The quantitative estimate of drug-likeness (QED) is 0.647. The summed E-state index contributed by atoms with van der Waals surface area (Å²) in [6.07, 6.45) is 4.06. The first-order chi connectivity index (χ1) is 6.79. The van der Waals surface area contributed by atoms with Crippen LogP contribution in [0.2, 0.25) is 0 Å². The Morgan fingerprint density at radius 2 is 2.50 bits per heavy atom. The van der Waals surface area contributed by atoms with Crippen molar-refractivity contribution in [1.29, 1.82) is 0 Å². The van der Waals surface area contributed by atoms with Gasteiger partial charge in [-0.2, -0.15) is 0 Å². The lowest BCUT2D eigenvalue weighted by Gasteiger charge is -2.11. The van der Waals surface area contributed by atoms with Crippen molar-refractivity contribution in [3.05, 3.63) is 28.5 Å². The van der Waals surface area contributed by atoms with E-state index in [0.717, 1.165) is 6.42 Å². The predicted molar refractivity (Wildman–Crippen MR) is 53.3 cm³/mol. The lowest BCUT2D eigenvalue weighted by Crippen LogP contribution is -2.28. The molecule has 1 amide bonds. The summed E-state index contributed by atoms with van der Waals surface area (Å²) in [5.74, 6) is -0.237.